The maximum atomic E-state index is 12.2. The van der Waals surface area contributed by atoms with Crippen molar-refractivity contribution in [1.29, 1.82) is 0 Å². The zero-order valence-electron chi connectivity index (χ0n) is 15.1. The summed E-state index contributed by atoms with van der Waals surface area (Å²) in [5.41, 5.74) is 0.00988. The number of benzene rings is 2. The molecule has 0 amide bonds. The minimum absolute atomic E-state index is 0.0306. The summed E-state index contributed by atoms with van der Waals surface area (Å²) in [6.45, 7) is 2.04. The van der Waals surface area contributed by atoms with Crippen LogP contribution in [0.5, 0.6) is 0 Å². The molecule has 6 nitrogen and oxygen atoms in total. The van der Waals surface area contributed by atoms with E-state index in [1.165, 1.54) is 0 Å². The lowest BCUT2D eigenvalue weighted by atomic mass is 9.88. The molecule has 0 saturated heterocycles. The second-order valence-electron chi connectivity index (χ2n) is 6.15. The van der Waals surface area contributed by atoms with E-state index in [2.05, 4.69) is 0 Å². The van der Waals surface area contributed by atoms with Gasteiger partial charge in [0.25, 0.3) is 6.47 Å². The first-order valence-electron chi connectivity index (χ1n) is 8.60. The number of ether oxygens (including phenoxy) is 3. The van der Waals surface area contributed by atoms with Gasteiger partial charge in [-0.05, 0) is 30.7 Å². The Labute approximate surface area is 158 Å². The molecule has 0 aliphatic carbocycles. The fraction of sp³-hybridized carbons (Fsp3) is 0.286. The van der Waals surface area contributed by atoms with Gasteiger partial charge in [-0.2, -0.15) is 0 Å². The molecule has 0 spiro atoms. The molecule has 0 atom stereocenters. The Morgan fingerprint density at radius 2 is 1.26 bits per heavy atom. The summed E-state index contributed by atoms with van der Waals surface area (Å²) in [5, 5.41) is 0. The van der Waals surface area contributed by atoms with Crippen molar-refractivity contribution >= 4 is 18.4 Å². The maximum Gasteiger partial charge on any atom is 0.338 e. The van der Waals surface area contributed by atoms with Gasteiger partial charge in [-0.1, -0.05) is 43.3 Å². The zero-order chi connectivity index (χ0) is 19.5. The van der Waals surface area contributed by atoms with Gasteiger partial charge in [0.1, 0.15) is 19.8 Å². The van der Waals surface area contributed by atoms with E-state index < -0.39 is 17.4 Å². The fourth-order valence-electron chi connectivity index (χ4n) is 2.39. The summed E-state index contributed by atoms with van der Waals surface area (Å²) in [4.78, 5) is 35.0. The van der Waals surface area contributed by atoms with Crippen LogP contribution in [0.3, 0.4) is 0 Å². The number of hydrogen-bond donors (Lipinski definition) is 0. The molecule has 6 heteroatoms. The standard InChI is InChI=1S/C21H22O6/c1-2-21(13-25-16-22,14-26-19(23)17-9-5-3-6-10-17)15-27-20(24)18-11-7-4-8-12-18/h3-12,16H,2,13-15H2,1H3. The lowest BCUT2D eigenvalue weighted by molar-refractivity contribution is -0.134. The first kappa shape index (κ1) is 20.2. The molecule has 0 heterocycles. The van der Waals surface area contributed by atoms with E-state index in [9.17, 15) is 14.4 Å². The number of esters is 2. The summed E-state index contributed by atoms with van der Waals surface area (Å²) in [6.07, 6.45) is 0.477. The molecule has 0 aliphatic heterocycles. The number of hydrogen-bond acceptors (Lipinski definition) is 6. The van der Waals surface area contributed by atoms with Crippen LogP contribution < -0.4 is 0 Å². The fourth-order valence-corrected chi connectivity index (χ4v) is 2.39. The normalized spacial score (nSPS) is 10.7. The molecule has 27 heavy (non-hydrogen) atoms. The van der Waals surface area contributed by atoms with Crippen molar-refractivity contribution in [3.8, 4) is 0 Å². The van der Waals surface area contributed by atoms with E-state index in [-0.39, 0.29) is 19.8 Å². The van der Waals surface area contributed by atoms with Gasteiger partial charge in [0, 0.05) is 0 Å². The van der Waals surface area contributed by atoms with E-state index >= 15 is 0 Å². The summed E-state index contributed by atoms with van der Waals surface area (Å²) >= 11 is 0. The van der Waals surface area contributed by atoms with Crippen molar-refractivity contribution in [3.63, 3.8) is 0 Å². The highest BCUT2D eigenvalue weighted by atomic mass is 16.6. The van der Waals surface area contributed by atoms with Crippen molar-refractivity contribution in [2.24, 2.45) is 5.41 Å². The second-order valence-corrected chi connectivity index (χ2v) is 6.15. The van der Waals surface area contributed by atoms with Crippen LogP contribution in [-0.4, -0.2) is 38.2 Å². The Morgan fingerprint density at radius 1 is 0.815 bits per heavy atom. The third-order valence-electron chi connectivity index (χ3n) is 4.25. The molecule has 2 aromatic carbocycles. The minimum atomic E-state index is -0.824. The van der Waals surface area contributed by atoms with E-state index in [1.807, 2.05) is 6.92 Å². The summed E-state index contributed by atoms with van der Waals surface area (Å²) in [5.74, 6) is -0.983. The van der Waals surface area contributed by atoms with Gasteiger partial charge in [0.15, 0.2) is 0 Å². The predicted molar refractivity (Wildman–Crippen MR) is 98.2 cm³/mol. The Hall–Kier alpha value is -3.15. The van der Waals surface area contributed by atoms with Gasteiger partial charge in [0.05, 0.1) is 16.5 Å². The van der Waals surface area contributed by atoms with Crippen molar-refractivity contribution in [2.45, 2.75) is 13.3 Å². The van der Waals surface area contributed by atoms with Crippen LogP contribution in [0.1, 0.15) is 34.1 Å². The quantitative estimate of drug-likeness (QED) is 0.363. The van der Waals surface area contributed by atoms with Crippen molar-refractivity contribution in [1.82, 2.24) is 0 Å². The second kappa shape index (κ2) is 10.1. The first-order chi connectivity index (χ1) is 13.1. The molecule has 142 valence electrons. The van der Waals surface area contributed by atoms with Gasteiger partial charge in [-0.25, -0.2) is 9.59 Å². The zero-order valence-corrected chi connectivity index (χ0v) is 15.1. The Balaban J connectivity index is 2.03. The van der Waals surface area contributed by atoms with Crippen LogP contribution in [0.25, 0.3) is 0 Å². The monoisotopic (exact) mass is 370 g/mol. The highest BCUT2D eigenvalue weighted by molar-refractivity contribution is 5.89. The Bertz CT molecular complexity index is 686. The molecule has 0 unspecified atom stereocenters. The molecule has 0 bridgehead atoms. The summed E-state index contributed by atoms with van der Waals surface area (Å²) < 4.78 is 15.7. The van der Waals surface area contributed by atoms with Crippen molar-refractivity contribution < 1.29 is 28.6 Å². The van der Waals surface area contributed by atoms with Crippen LogP contribution in [0, 0.1) is 5.41 Å². The lowest BCUT2D eigenvalue weighted by Crippen LogP contribution is -2.38. The molecular weight excluding hydrogens is 348 g/mol. The summed E-state index contributed by atoms with van der Waals surface area (Å²) in [7, 11) is 0. The SMILES string of the molecule is CCC(COC=O)(COC(=O)c1ccccc1)COC(=O)c1ccccc1. The molecule has 0 fully saturated rings. The Kier molecular flexibility index (Phi) is 7.55. The Morgan fingerprint density at radius 3 is 1.63 bits per heavy atom. The van der Waals surface area contributed by atoms with Gasteiger partial charge in [-0.3, -0.25) is 4.79 Å². The first-order valence-corrected chi connectivity index (χ1v) is 8.60. The van der Waals surface area contributed by atoms with Gasteiger partial charge in [0.2, 0.25) is 0 Å². The molecule has 0 aliphatic rings. The molecule has 0 N–H and O–H groups in total. The van der Waals surface area contributed by atoms with Crippen LogP contribution in [0.15, 0.2) is 60.7 Å². The largest absolute Gasteiger partial charge is 0.467 e. The summed E-state index contributed by atoms with van der Waals surface area (Å²) in [6, 6.07) is 17.1. The average Bonchev–Trinajstić information content (AvgIpc) is 2.74. The van der Waals surface area contributed by atoms with Crippen molar-refractivity contribution in [3.05, 3.63) is 71.8 Å². The van der Waals surface area contributed by atoms with Gasteiger partial charge < -0.3 is 14.2 Å². The molecule has 2 aromatic rings. The lowest BCUT2D eigenvalue weighted by Gasteiger charge is -2.30. The average molecular weight is 370 g/mol. The van der Waals surface area contributed by atoms with Crippen LogP contribution >= 0.6 is 0 Å². The minimum Gasteiger partial charge on any atom is -0.467 e. The van der Waals surface area contributed by atoms with E-state index in [1.54, 1.807) is 60.7 Å². The van der Waals surface area contributed by atoms with E-state index in [4.69, 9.17) is 14.2 Å². The molecular formula is C21H22O6. The smallest absolute Gasteiger partial charge is 0.338 e. The van der Waals surface area contributed by atoms with Crippen LogP contribution in [0.4, 0.5) is 0 Å². The van der Waals surface area contributed by atoms with Gasteiger partial charge >= 0.3 is 11.9 Å². The molecule has 2 rings (SSSR count). The molecule has 0 radical (unpaired) electrons. The van der Waals surface area contributed by atoms with Crippen LogP contribution in [0.2, 0.25) is 0 Å². The third kappa shape index (κ3) is 5.95. The maximum absolute atomic E-state index is 12.2. The van der Waals surface area contributed by atoms with E-state index in [0.29, 0.717) is 24.0 Å². The van der Waals surface area contributed by atoms with E-state index in [0.717, 1.165) is 0 Å². The van der Waals surface area contributed by atoms with Crippen molar-refractivity contribution in [2.75, 3.05) is 19.8 Å². The number of carbonyl (C=O) groups excluding carboxylic acids is 3. The van der Waals surface area contributed by atoms with Crippen LogP contribution in [-0.2, 0) is 19.0 Å². The predicted octanol–water partition coefficient (Wildman–Crippen LogP) is 3.27. The highest BCUT2D eigenvalue weighted by Crippen LogP contribution is 2.25. The third-order valence-corrected chi connectivity index (χ3v) is 4.25. The highest BCUT2D eigenvalue weighted by Gasteiger charge is 2.33. The topological polar surface area (TPSA) is 78.9 Å². The number of rotatable bonds is 10. The molecule has 0 saturated carbocycles. The number of carbonyl (C=O) groups is 3. The molecule has 0 aromatic heterocycles. The van der Waals surface area contributed by atoms with Gasteiger partial charge in [-0.15, -0.1) is 0 Å².